The van der Waals surface area contributed by atoms with Gasteiger partial charge < -0.3 is 25.4 Å². The average Bonchev–Trinajstić information content (AvgIpc) is 2.91. The summed E-state index contributed by atoms with van der Waals surface area (Å²) in [5.74, 6) is 1.26. The predicted molar refractivity (Wildman–Crippen MR) is 152 cm³/mol. The van der Waals surface area contributed by atoms with Gasteiger partial charge in [0.25, 0.3) is 0 Å². The molecule has 0 unspecified atom stereocenters. The molecular formula is C27H37F3N4O3S. The van der Waals surface area contributed by atoms with E-state index in [1.807, 2.05) is 13.8 Å². The topological polar surface area (TPSA) is 89.2 Å². The minimum Gasteiger partial charge on any atom is -0.493 e. The molecule has 0 fully saturated rings. The molecule has 7 nitrogen and oxygen atoms in total. The number of carbonyl (C=O) groups excluding carboxylic acids is 1. The van der Waals surface area contributed by atoms with E-state index in [-0.39, 0.29) is 17.2 Å². The minimum absolute atomic E-state index is 0.0691. The molecule has 0 aliphatic carbocycles. The number of methoxy groups -OCH3 is 1. The Kier molecular flexibility index (Phi) is 14.4. The Morgan fingerprint density at radius 3 is 2.29 bits per heavy atom. The highest BCUT2D eigenvalue weighted by Crippen LogP contribution is 2.38. The quantitative estimate of drug-likeness (QED) is 0.137. The number of amidine groups is 1. The van der Waals surface area contributed by atoms with E-state index in [1.54, 1.807) is 31.3 Å². The van der Waals surface area contributed by atoms with E-state index in [0.29, 0.717) is 28.6 Å². The summed E-state index contributed by atoms with van der Waals surface area (Å²) in [7, 11) is 3.09. The Labute approximate surface area is 227 Å². The number of nitrogen functional groups attached to an aromatic ring is 1. The Bertz CT molecular complexity index is 1090. The van der Waals surface area contributed by atoms with Crippen molar-refractivity contribution in [2.45, 2.75) is 33.9 Å². The number of halogens is 3. The second-order valence-electron chi connectivity index (χ2n) is 7.51. The molecule has 0 heterocycles. The first-order valence-corrected chi connectivity index (χ1v) is 13.1. The number of alkyl halides is 3. The van der Waals surface area contributed by atoms with Crippen LogP contribution in [0.2, 0.25) is 0 Å². The van der Waals surface area contributed by atoms with Gasteiger partial charge in [-0.15, -0.1) is 0 Å². The van der Waals surface area contributed by atoms with Crippen molar-refractivity contribution in [3.8, 4) is 17.2 Å². The van der Waals surface area contributed by atoms with Crippen molar-refractivity contribution in [3.63, 3.8) is 0 Å². The van der Waals surface area contributed by atoms with Gasteiger partial charge in [-0.1, -0.05) is 45.5 Å². The standard InChI is InChI=1S/C25H31F3N4O3S.C2H6/c1-5-32(6-2)12-11-31-24(30-3)23(36-16-33)14-17-7-9-21(22(13-17)34-4)35-20-10-8-18(15-19(20)29)25(26,27)28;1-2/h7-10,13-16H,5-6,11-12,29H2,1-4H3,(H,30,31);1-2H3/b23-14-;. The molecule has 2 rings (SSSR count). The zero-order chi connectivity index (χ0) is 28.7. The maximum absolute atomic E-state index is 12.9. The molecule has 0 saturated heterocycles. The third kappa shape index (κ3) is 9.94. The summed E-state index contributed by atoms with van der Waals surface area (Å²) in [5, 5.41) is 3.28. The van der Waals surface area contributed by atoms with Crippen LogP contribution in [0.3, 0.4) is 0 Å². The van der Waals surface area contributed by atoms with Crippen LogP contribution < -0.4 is 20.5 Å². The summed E-state index contributed by atoms with van der Waals surface area (Å²) in [6, 6.07) is 7.91. The lowest BCUT2D eigenvalue weighted by atomic mass is 10.1. The summed E-state index contributed by atoms with van der Waals surface area (Å²) in [5.41, 5.74) is 6.19. The smallest absolute Gasteiger partial charge is 0.416 e. The molecule has 0 radical (unpaired) electrons. The fourth-order valence-electron chi connectivity index (χ4n) is 3.30. The van der Waals surface area contributed by atoms with Gasteiger partial charge in [0.1, 0.15) is 5.84 Å². The fraction of sp³-hybridized carbons (Fsp3) is 0.407. The number of carbonyl (C=O) groups is 1. The van der Waals surface area contributed by atoms with Crippen LogP contribution in [0, 0.1) is 0 Å². The monoisotopic (exact) mass is 554 g/mol. The van der Waals surface area contributed by atoms with Crippen molar-refractivity contribution >= 4 is 35.0 Å². The van der Waals surface area contributed by atoms with E-state index in [0.717, 1.165) is 55.2 Å². The van der Waals surface area contributed by atoms with Crippen molar-refractivity contribution in [1.82, 2.24) is 10.2 Å². The zero-order valence-electron chi connectivity index (χ0n) is 22.7. The number of hydrogen-bond acceptors (Lipinski definition) is 7. The second kappa shape index (κ2) is 16.6. The molecule has 0 aromatic heterocycles. The minimum atomic E-state index is -4.50. The van der Waals surface area contributed by atoms with Crippen LogP contribution in [-0.2, 0) is 11.0 Å². The van der Waals surface area contributed by atoms with Gasteiger partial charge in [0.2, 0.25) is 0 Å². The molecule has 3 N–H and O–H groups in total. The summed E-state index contributed by atoms with van der Waals surface area (Å²) >= 11 is 0.993. The van der Waals surface area contributed by atoms with E-state index in [9.17, 15) is 18.0 Å². The van der Waals surface area contributed by atoms with Crippen LogP contribution in [0.5, 0.6) is 17.2 Å². The number of ether oxygens (including phenoxy) is 2. The third-order valence-electron chi connectivity index (χ3n) is 5.29. The highest BCUT2D eigenvalue weighted by Gasteiger charge is 2.31. The van der Waals surface area contributed by atoms with Crippen molar-refractivity contribution in [2.75, 3.05) is 46.1 Å². The highest BCUT2D eigenvalue weighted by atomic mass is 32.2. The van der Waals surface area contributed by atoms with Crippen molar-refractivity contribution in [3.05, 3.63) is 52.4 Å². The lowest BCUT2D eigenvalue weighted by molar-refractivity contribution is -0.137. The van der Waals surface area contributed by atoms with Gasteiger partial charge in [0, 0.05) is 20.1 Å². The van der Waals surface area contributed by atoms with E-state index in [1.165, 1.54) is 7.11 Å². The van der Waals surface area contributed by atoms with Gasteiger partial charge >= 0.3 is 6.18 Å². The highest BCUT2D eigenvalue weighted by molar-refractivity contribution is 8.16. The molecule has 0 spiro atoms. The number of nitrogens with zero attached hydrogens (tertiary/aromatic N) is 2. The lowest BCUT2D eigenvalue weighted by Crippen LogP contribution is -2.35. The molecule has 0 aliphatic heterocycles. The molecule has 0 saturated carbocycles. The Hall–Kier alpha value is -3.18. The van der Waals surface area contributed by atoms with Crippen LogP contribution in [0.15, 0.2) is 46.3 Å². The molecule has 0 bridgehead atoms. The van der Waals surface area contributed by atoms with Gasteiger partial charge in [-0.2, -0.15) is 13.2 Å². The molecular weight excluding hydrogens is 517 g/mol. The number of nitrogens with two attached hydrogens (primary N) is 1. The first-order valence-electron chi connectivity index (χ1n) is 12.2. The molecule has 0 atom stereocenters. The van der Waals surface area contributed by atoms with E-state index in [4.69, 9.17) is 15.2 Å². The number of nitrogens with one attached hydrogen (secondary N) is 1. The Morgan fingerprint density at radius 1 is 1.11 bits per heavy atom. The number of anilines is 1. The van der Waals surface area contributed by atoms with E-state index < -0.39 is 11.7 Å². The Morgan fingerprint density at radius 2 is 1.76 bits per heavy atom. The lowest BCUT2D eigenvalue weighted by Gasteiger charge is -2.19. The van der Waals surface area contributed by atoms with E-state index in [2.05, 4.69) is 29.1 Å². The zero-order valence-corrected chi connectivity index (χ0v) is 23.5. The molecule has 210 valence electrons. The summed E-state index contributed by atoms with van der Waals surface area (Å²) < 4.78 is 49.9. The molecule has 2 aromatic carbocycles. The van der Waals surface area contributed by atoms with Crippen molar-refractivity contribution in [2.24, 2.45) is 4.99 Å². The van der Waals surface area contributed by atoms with Gasteiger partial charge in [0.15, 0.2) is 22.9 Å². The van der Waals surface area contributed by atoms with Gasteiger partial charge in [-0.05, 0) is 55.1 Å². The SMILES string of the molecule is CC.CCN(CC)CCNC(=NC)/C(=C/c1ccc(Oc2ccc(C(F)(F)F)cc2N)c(OC)c1)SC=O. The van der Waals surface area contributed by atoms with Crippen LogP contribution in [0.25, 0.3) is 6.08 Å². The predicted octanol–water partition coefficient (Wildman–Crippen LogP) is 6.34. The first kappa shape index (κ1) is 32.8. The number of hydrogen-bond donors (Lipinski definition) is 2. The molecule has 0 amide bonds. The molecule has 11 heteroatoms. The van der Waals surface area contributed by atoms with Crippen LogP contribution in [0.1, 0.15) is 38.8 Å². The van der Waals surface area contributed by atoms with Gasteiger partial charge in [-0.3, -0.25) is 9.79 Å². The fourth-order valence-corrected chi connectivity index (χ4v) is 3.89. The largest absolute Gasteiger partial charge is 0.493 e. The molecule has 2 aromatic rings. The van der Waals surface area contributed by atoms with Crippen molar-refractivity contribution in [1.29, 1.82) is 0 Å². The Balaban J connectivity index is 0.00000352. The maximum Gasteiger partial charge on any atom is 0.416 e. The van der Waals surface area contributed by atoms with Gasteiger partial charge in [-0.25, -0.2) is 0 Å². The summed E-state index contributed by atoms with van der Waals surface area (Å²) in [4.78, 5) is 18.5. The first-order chi connectivity index (χ1) is 18.2. The number of rotatable bonds is 12. The molecule has 0 aliphatic rings. The van der Waals surface area contributed by atoms with E-state index >= 15 is 0 Å². The average molecular weight is 555 g/mol. The summed E-state index contributed by atoms with van der Waals surface area (Å²) in [6.45, 7) is 11.6. The van der Waals surface area contributed by atoms with Gasteiger partial charge in [0.05, 0.1) is 23.3 Å². The van der Waals surface area contributed by atoms with Crippen molar-refractivity contribution < 1.29 is 27.4 Å². The van der Waals surface area contributed by atoms with Crippen LogP contribution in [0.4, 0.5) is 18.9 Å². The number of thioether (sulfide) groups is 1. The maximum atomic E-state index is 12.9. The number of likely N-dealkylation sites (N-methyl/N-ethyl adjacent to an activating group) is 1. The normalized spacial score (nSPS) is 12.1. The summed E-state index contributed by atoms with van der Waals surface area (Å²) in [6.07, 6.45) is -2.72. The van der Waals surface area contributed by atoms with Crippen LogP contribution in [-0.4, -0.2) is 56.7 Å². The number of benzene rings is 2. The number of aliphatic imine (C=N–C) groups is 1. The third-order valence-corrected chi connectivity index (χ3v) is 5.95. The van der Waals surface area contributed by atoms with Crippen LogP contribution >= 0.6 is 11.8 Å². The second-order valence-corrected chi connectivity index (χ2v) is 8.38. The molecule has 38 heavy (non-hydrogen) atoms.